The predicted molar refractivity (Wildman–Crippen MR) is 119 cm³/mol. The standard InChI is InChI=1S/C23H35N5O3/c1-18-8-6-9-19(2)21(18)30-17-20-16-28(25-24-20)11-7-10-26-12-14-27(15-13-26)22(29)31-23(3,4)5/h6,8-9,16H,7,10-15,17H2,1-5H3. The normalized spacial score (nSPS) is 15.2. The van der Waals surface area contributed by atoms with Crippen LogP contribution in [0.4, 0.5) is 4.79 Å². The number of piperazine rings is 1. The van der Waals surface area contributed by atoms with Gasteiger partial charge in [-0.1, -0.05) is 23.4 Å². The summed E-state index contributed by atoms with van der Waals surface area (Å²) in [6.45, 7) is 15.1. The van der Waals surface area contributed by atoms with Crippen LogP contribution in [-0.4, -0.2) is 69.2 Å². The maximum atomic E-state index is 12.2. The average molecular weight is 430 g/mol. The second-order valence-corrected chi connectivity index (χ2v) is 9.15. The second kappa shape index (κ2) is 10.1. The molecule has 3 rings (SSSR count). The van der Waals surface area contributed by atoms with Crippen molar-refractivity contribution in [2.24, 2.45) is 0 Å². The number of aryl methyl sites for hydroxylation is 3. The highest BCUT2D eigenvalue weighted by Crippen LogP contribution is 2.23. The first kappa shape index (κ1) is 23.1. The maximum absolute atomic E-state index is 12.2. The Morgan fingerprint density at radius 2 is 1.74 bits per heavy atom. The summed E-state index contributed by atoms with van der Waals surface area (Å²) in [5.41, 5.74) is 2.63. The van der Waals surface area contributed by atoms with E-state index >= 15 is 0 Å². The van der Waals surface area contributed by atoms with E-state index in [4.69, 9.17) is 9.47 Å². The van der Waals surface area contributed by atoms with Crippen molar-refractivity contribution in [1.82, 2.24) is 24.8 Å². The topological polar surface area (TPSA) is 72.7 Å². The molecule has 0 unspecified atom stereocenters. The molecule has 1 aliphatic rings. The number of rotatable bonds is 7. The summed E-state index contributed by atoms with van der Waals surface area (Å²) in [6, 6.07) is 6.13. The molecule has 170 valence electrons. The van der Waals surface area contributed by atoms with E-state index in [1.807, 2.05) is 63.7 Å². The zero-order chi connectivity index (χ0) is 22.4. The molecular formula is C23H35N5O3. The number of ether oxygens (including phenoxy) is 2. The molecule has 1 aromatic heterocycles. The molecular weight excluding hydrogens is 394 g/mol. The summed E-state index contributed by atoms with van der Waals surface area (Å²) in [6.07, 6.45) is 2.71. The third-order valence-electron chi connectivity index (χ3n) is 5.24. The van der Waals surface area contributed by atoms with Gasteiger partial charge in [-0.2, -0.15) is 0 Å². The van der Waals surface area contributed by atoms with Gasteiger partial charge in [0.1, 0.15) is 23.7 Å². The largest absolute Gasteiger partial charge is 0.487 e. The summed E-state index contributed by atoms with van der Waals surface area (Å²) in [5.74, 6) is 0.919. The lowest BCUT2D eigenvalue weighted by molar-refractivity contribution is 0.0143. The van der Waals surface area contributed by atoms with E-state index in [9.17, 15) is 4.79 Å². The molecule has 8 heteroatoms. The molecule has 1 aliphatic heterocycles. The number of hydrogen-bond acceptors (Lipinski definition) is 6. The number of para-hydroxylation sites is 1. The Bertz CT molecular complexity index is 846. The predicted octanol–water partition coefficient (Wildman–Crippen LogP) is 3.42. The molecule has 2 aromatic rings. The first-order valence-electron chi connectivity index (χ1n) is 11.0. The molecule has 0 saturated carbocycles. The Morgan fingerprint density at radius 1 is 1.06 bits per heavy atom. The van der Waals surface area contributed by atoms with E-state index in [0.717, 1.165) is 55.2 Å². The van der Waals surface area contributed by atoms with Crippen molar-refractivity contribution in [2.45, 2.75) is 59.8 Å². The van der Waals surface area contributed by atoms with Crippen LogP contribution in [0.2, 0.25) is 0 Å². The lowest BCUT2D eigenvalue weighted by Crippen LogP contribution is -2.50. The highest BCUT2D eigenvalue weighted by atomic mass is 16.6. The number of carbonyl (C=O) groups is 1. The Kier molecular flexibility index (Phi) is 7.54. The molecule has 1 saturated heterocycles. The number of nitrogens with zero attached hydrogens (tertiary/aromatic N) is 5. The van der Waals surface area contributed by atoms with Gasteiger partial charge in [-0.15, -0.1) is 5.10 Å². The quantitative estimate of drug-likeness (QED) is 0.672. The third kappa shape index (κ3) is 6.95. The fourth-order valence-corrected chi connectivity index (χ4v) is 3.62. The number of hydrogen-bond donors (Lipinski definition) is 0. The van der Waals surface area contributed by atoms with E-state index in [0.29, 0.717) is 19.7 Å². The van der Waals surface area contributed by atoms with Crippen molar-refractivity contribution < 1.29 is 14.3 Å². The van der Waals surface area contributed by atoms with E-state index in [1.165, 1.54) is 0 Å². The molecule has 2 heterocycles. The Balaban J connectivity index is 1.37. The smallest absolute Gasteiger partial charge is 0.410 e. The van der Waals surface area contributed by atoms with E-state index in [1.54, 1.807) is 4.90 Å². The molecule has 0 N–H and O–H groups in total. The molecule has 0 radical (unpaired) electrons. The number of amides is 1. The van der Waals surface area contributed by atoms with Crippen LogP contribution in [0.15, 0.2) is 24.4 Å². The minimum absolute atomic E-state index is 0.217. The van der Waals surface area contributed by atoms with Gasteiger partial charge >= 0.3 is 6.09 Å². The highest BCUT2D eigenvalue weighted by Gasteiger charge is 2.25. The minimum atomic E-state index is -0.450. The third-order valence-corrected chi connectivity index (χ3v) is 5.24. The van der Waals surface area contributed by atoms with Gasteiger partial charge in [-0.3, -0.25) is 9.58 Å². The van der Waals surface area contributed by atoms with Crippen LogP contribution in [0.25, 0.3) is 0 Å². The average Bonchev–Trinajstić information content (AvgIpc) is 3.14. The fraction of sp³-hybridized carbons (Fsp3) is 0.609. The van der Waals surface area contributed by atoms with Crippen molar-refractivity contribution in [1.29, 1.82) is 0 Å². The number of carbonyl (C=O) groups excluding carboxylic acids is 1. The first-order chi connectivity index (χ1) is 14.7. The van der Waals surface area contributed by atoms with Crippen LogP contribution < -0.4 is 4.74 Å². The Hall–Kier alpha value is -2.61. The van der Waals surface area contributed by atoms with Crippen molar-refractivity contribution in [3.63, 3.8) is 0 Å². The van der Waals surface area contributed by atoms with Gasteiger partial charge in [-0.25, -0.2) is 4.79 Å². The van der Waals surface area contributed by atoms with Crippen LogP contribution in [0.1, 0.15) is 44.0 Å². The zero-order valence-electron chi connectivity index (χ0n) is 19.4. The van der Waals surface area contributed by atoms with Crippen LogP contribution in [-0.2, 0) is 17.9 Å². The number of benzene rings is 1. The van der Waals surface area contributed by atoms with E-state index in [2.05, 4.69) is 15.2 Å². The van der Waals surface area contributed by atoms with Crippen LogP contribution >= 0.6 is 0 Å². The lowest BCUT2D eigenvalue weighted by Gasteiger charge is -2.35. The molecule has 8 nitrogen and oxygen atoms in total. The molecule has 0 atom stereocenters. The fourth-order valence-electron chi connectivity index (χ4n) is 3.62. The molecule has 0 aliphatic carbocycles. The van der Waals surface area contributed by atoms with E-state index < -0.39 is 5.60 Å². The summed E-state index contributed by atoms with van der Waals surface area (Å²) >= 11 is 0. The van der Waals surface area contributed by atoms with Crippen molar-refractivity contribution in [2.75, 3.05) is 32.7 Å². The Morgan fingerprint density at radius 3 is 2.39 bits per heavy atom. The van der Waals surface area contributed by atoms with Gasteiger partial charge in [0.25, 0.3) is 0 Å². The lowest BCUT2D eigenvalue weighted by atomic mass is 10.1. The van der Waals surface area contributed by atoms with Crippen molar-refractivity contribution in [3.8, 4) is 5.75 Å². The molecule has 1 amide bonds. The second-order valence-electron chi connectivity index (χ2n) is 9.15. The summed E-state index contributed by atoms with van der Waals surface area (Å²) in [7, 11) is 0. The SMILES string of the molecule is Cc1cccc(C)c1OCc1cn(CCCN2CCN(C(=O)OC(C)(C)C)CC2)nn1. The van der Waals surface area contributed by atoms with Gasteiger partial charge < -0.3 is 14.4 Å². The summed E-state index contributed by atoms with van der Waals surface area (Å²) in [4.78, 5) is 16.3. The Labute approximate surface area is 185 Å². The summed E-state index contributed by atoms with van der Waals surface area (Å²) in [5, 5.41) is 8.45. The van der Waals surface area contributed by atoms with E-state index in [-0.39, 0.29) is 6.09 Å². The van der Waals surface area contributed by atoms with Crippen LogP contribution in [0.5, 0.6) is 5.75 Å². The molecule has 1 fully saturated rings. The highest BCUT2D eigenvalue weighted by molar-refractivity contribution is 5.68. The number of aromatic nitrogens is 3. The molecule has 31 heavy (non-hydrogen) atoms. The molecule has 0 bridgehead atoms. The monoisotopic (exact) mass is 429 g/mol. The molecule has 0 spiro atoms. The van der Waals surface area contributed by atoms with Gasteiger partial charge in [-0.05, 0) is 52.2 Å². The summed E-state index contributed by atoms with van der Waals surface area (Å²) < 4.78 is 13.3. The van der Waals surface area contributed by atoms with Gasteiger partial charge in [0.05, 0.1) is 6.20 Å². The van der Waals surface area contributed by atoms with Crippen LogP contribution in [0, 0.1) is 13.8 Å². The molecule has 1 aromatic carbocycles. The zero-order valence-corrected chi connectivity index (χ0v) is 19.4. The van der Waals surface area contributed by atoms with Gasteiger partial charge in [0.2, 0.25) is 0 Å². The van der Waals surface area contributed by atoms with Crippen molar-refractivity contribution in [3.05, 3.63) is 41.2 Å². The minimum Gasteiger partial charge on any atom is -0.487 e. The maximum Gasteiger partial charge on any atom is 0.410 e. The van der Waals surface area contributed by atoms with Gasteiger partial charge in [0, 0.05) is 39.3 Å². The van der Waals surface area contributed by atoms with Crippen LogP contribution in [0.3, 0.4) is 0 Å². The first-order valence-corrected chi connectivity index (χ1v) is 11.0. The van der Waals surface area contributed by atoms with Gasteiger partial charge in [0.15, 0.2) is 0 Å². The van der Waals surface area contributed by atoms with Crippen molar-refractivity contribution >= 4 is 6.09 Å².